The Balaban J connectivity index is 1.81. The molecule has 2 rings (SSSR count). The van der Waals surface area contributed by atoms with Crippen molar-refractivity contribution in [1.82, 2.24) is 10.2 Å². The van der Waals surface area contributed by atoms with E-state index in [2.05, 4.69) is 17.1 Å². The van der Waals surface area contributed by atoms with E-state index in [0.717, 1.165) is 12.1 Å². The summed E-state index contributed by atoms with van der Waals surface area (Å²) in [5.41, 5.74) is 0. The summed E-state index contributed by atoms with van der Waals surface area (Å²) in [6.07, 6.45) is 11.4. The van der Waals surface area contributed by atoms with E-state index in [1.807, 2.05) is 0 Å². The molecular weight excluding hydrogens is 196 g/mol. The van der Waals surface area contributed by atoms with Crippen molar-refractivity contribution in [3.63, 3.8) is 0 Å². The van der Waals surface area contributed by atoms with Crippen molar-refractivity contribution in [1.29, 1.82) is 0 Å². The van der Waals surface area contributed by atoms with E-state index in [-0.39, 0.29) is 0 Å². The van der Waals surface area contributed by atoms with Crippen LogP contribution in [0.1, 0.15) is 58.3 Å². The molecule has 0 bridgehead atoms. The number of nitrogens with zero attached hydrogens (tertiary/aromatic N) is 1. The molecule has 1 unspecified atom stereocenters. The fraction of sp³-hybridized carbons (Fsp3) is 1.00. The van der Waals surface area contributed by atoms with Crippen molar-refractivity contribution < 1.29 is 0 Å². The molecule has 0 amide bonds. The molecular formula is C14H28N2. The lowest BCUT2D eigenvalue weighted by atomic mass is 9.99. The first-order valence-corrected chi connectivity index (χ1v) is 7.38. The Morgan fingerprint density at radius 3 is 2.56 bits per heavy atom. The monoisotopic (exact) mass is 224 g/mol. The molecule has 0 radical (unpaired) electrons. The summed E-state index contributed by atoms with van der Waals surface area (Å²) in [7, 11) is 0. The highest BCUT2D eigenvalue weighted by Gasteiger charge is 2.29. The van der Waals surface area contributed by atoms with Crippen LogP contribution < -0.4 is 5.32 Å². The van der Waals surface area contributed by atoms with E-state index in [4.69, 9.17) is 0 Å². The van der Waals surface area contributed by atoms with Gasteiger partial charge in [0.05, 0.1) is 0 Å². The Bertz CT molecular complexity index is 187. The zero-order chi connectivity index (χ0) is 11.2. The summed E-state index contributed by atoms with van der Waals surface area (Å²) in [5, 5.41) is 3.62. The summed E-state index contributed by atoms with van der Waals surface area (Å²) in [4.78, 5) is 2.83. The quantitative estimate of drug-likeness (QED) is 0.722. The molecule has 0 spiro atoms. The molecule has 2 aliphatic rings. The van der Waals surface area contributed by atoms with Crippen molar-refractivity contribution >= 4 is 0 Å². The van der Waals surface area contributed by atoms with Gasteiger partial charge in [-0.2, -0.15) is 0 Å². The maximum Gasteiger partial charge on any atom is 0.0223 e. The van der Waals surface area contributed by atoms with Gasteiger partial charge in [0.25, 0.3) is 0 Å². The first-order valence-electron chi connectivity index (χ1n) is 7.38. The van der Waals surface area contributed by atoms with Gasteiger partial charge in [0.15, 0.2) is 0 Å². The van der Waals surface area contributed by atoms with Gasteiger partial charge < -0.3 is 5.32 Å². The third-order valence-corrected chi connectivity index (χ3v) is 4.27. The molecule has 1 atom stereocenters. The first kappa shape index (κ1) is 12.4. The van der Waals surface area contributed by atoms with Crippen molar-refractivity contribution in [2.45, 2.75) is 70.4 Å². The second-order valence-corrected chi connectivity index (χ2v) is 5.53. The molecule has 1 saturated heterocycles. The van der Waals surface area contributed by atoms with Crippen LogP contribution in [0.25, 0.3) is 0 Å². The Morgan fingerprint density at radius 2 is 1.81 bits per heavy atom. The van der Waals surface area contributed by atoms with Gasteiger partial charge in [-0.1, -0.05) is 26.2 Å². The second-order valence-electron chi connectivity index (χ2n) is 5.53. The molecule has 2 heteroatoms. The molecule has 2 nitrogen and oxygen atoms in total. The third kappa shape index (κ3) is 3.21. The highest BCUT2D eigenvalue weighted by atomic mass is 15.2. The Hall–Kier alpha value is -0.0800. The lowest BCUT2D eigenvalue weighted by Gasteiger charge is -2.40. The lowest BCUT2D eigenvalue weighted by Crippen LogP contribution is -2.49. The molecule has 1 heterocycles. The summed E-state index contributed by atoms with van der Waals surface area (Å²) in [5.74, 6) is 0. The van der Waals surface area contributed by atoms with Crippen LogP contribution in [-0.4, -0.2) is 36.6 Å². The maximum atomic E-state index is 3.62. The third-order valence-electron chi connectivity index (χ3n) is 4.27. The summed E-state index contributed by atoms with van der Waals surface area (Å²) < 4.78 is 0. The van der Waals surface area contributed by atoms with Crippen molar-refractivity contribution in [3.8, 4) is 0 Å². The first-order chi connectivity index (χ1) is 7.92. The minimum atomic E-state index is 0.836. The average Bonchev–Trinajstić information content (AvgIpc) is 2.83. The van der Waals surface area contributed by atoms with Crippen LogP contribution in [0.2, 0.25) is 0 Å². The zero-order valence-electron chi connectivity index (χ0n) is 10.9. The van der Waals surface area contributed by atoms with Crippen molar-refractivity contribution in [3.05, 3.63) is 0 Å². The molecule has 0 aromatic heterocycles. The minimum absolute atomic E-state index is 0.836. The smallest absolute Gasteiger partial charge is 0.0223 e. The number of nitrogens with one attached hydrogen (secondary N) is 1. The van der Waals surface area contributed by atoms with Crippen LogP contribution in [0.4, 0.5) is 0 Å². The van der Waals surface area contributed by atoms with Crippen LogP contribution >= 0.6 is 0 Å². The summed E-state index contributed by atoms with van der Waals surface area (Å²) in [6, 6.07) is 1.76. The molecule has 0 aromatic carbocycles. The lowest BCUT2D eigenvalue weighted by molar-refractivity contribution is 0.0961. The van der Waals surface area contributed by atoms with Gasteiger partial charge in [0, 0.05) is 18.6 Å². The number of likely N-dealkylation sites (tertiary alicyclic amines) is 1. The standard InChI is InChI=1S/C14H28N2/c1-2-10-15-12-14-9-5-6-11-16(14)13-7-3-4-8-13/h13-15H,2-12H2,1H3. The van der Waals surface area contributed by atoms with Gasteiger partial charge in [0.2, 0.25) is 0 Å². The zero-order valence-corrected chi connectivity index (χ0v) is 10.9. The van der Waals surface area contributed by atoms with E-state index in [1.165, 1.54) is 71.0 Å². The maximum absolute atomic E-state index is 3.62. The topological polar surface area (TPSA) is 15.3 Å². The molecule has 1 saturated carbocycles. The SMILES string of the molecule is CCCNCC1CCCCN1C1CCCC1. The van der Waals surface area contributed by atoms with Gasteiger partial charge in [-0.3, -0.25) is 4.90 Å². The number of hydrogen-bond acceptors (Lipinski definition) is 2. The Labute approximate surface area is 101 Å². The van der Waals surface area contributed by atoms with Crippen LogP contribution in [0.15, 0.2) is 0 Å². The van der Waals surface area contributed by atoms with Gasteiger partial charge >= 0.3 is 0 Å². The molecule has 0 aromatic rings. The molecule has 1 aliphatic carbocycles. The van der Waals surface area contributed by atoms with E-state index in [0.29, 0.717) is 0 Å². The normalized spacial score (nSPS) is 28.7. The predicted octanol–water partition coefficient (Wildman–Crippen LogP) is 2.78. The summed E-state index contributed by atoms with van der Waals surface area (Å²) in [6.45, 7) is 6.03. The van der Waals surface area contributed by atoms with Crippen LogP contribution in [-0.2, 0) is 0 Å². The van der Waals surface area contributed by atoms with Crippen molar-refractivity contribution in [2.24, 2.45) is 0 Å². The molecule has 94 valence electrons. The van der Waals surface area contributed by atoms with Gasteiger partial charge in [-0.05, 0) is 45.2 Å². The molecule has 1 N–H and O–H groups in total. The van der Waals surface area contributed by atoms with Gasteiger partial charge in [-0.25, -0.2) is 0 Å². The van der Waals surface area contributed by atoms with Crippen molar-refractivity contribution in [2.75, 3.05) is 19.6 Å². The molecule has 16 heavy (non-hydrogen) atoms. The number of rotatable bonds is 5. The fourth-order valence-corrected chi connectivity index (χ4v) is 3.40. The van der Waals surface area contributed by atoms with Crippen LogP contribution in [0.3, 0.4) is 0 Å². The Morgan fingerprint density at radius 1 is 1.06 bits per heavy atom. The van der Waals surface area contributed by atoms with E-state index in [9.17, 15) is 0 Å². The van der Waals surface area contributed by atoms with Gasteiger partial charge in [0.1, 0.15) is 0 Å². The Kier molecular flexibility index (Phi) is 5.11. The molecule has 1 aliphatic heterocycles. The largest absolute Gasteiger partial charge is 0.315 e. The van der Waals surface area contributed by atoms with E-state index < -0.39 is 0 Å². The number of piperidine rings is 1. The molecule has 2 fully saturated rings. The minimum Gasteiger partial charge on any atom is -0.315 e. The summed E-state index contributed by atoms with van der Waals surface area (Å²) >= 11 is 0. The fourth-order valence-electron chi connectivity index (χ4n) is 3.40. The number of hydrogen-bond donors (Lipinski definition) is 1. The van der Waals surface area contributed by atoms with Crippen LogP contribution in [0.5, 0.6) is 0 Å². The van der Waals surface area contributed by atoms with E-state index in [1.54, 1.807) is 0 Å². The second kappa shape index (κ2) is 6.61. The highest BCUT2D eigenvalue weighted by molar-refractivity contribution is 4.86. The van der Waals surface area contributed by atoms with Crippen LogP contribution in [0, 0.1) is 0 Å². The highest BCUT2D eigenvalue weighted by Crippen LogP contribution is 2.29. The van der Waals surface area contributed by atoms with Gasteiger partial charge in [-0.15, -0.1) is 0 Å². The van der Waals surface area contributed by atoms with E-state index >= 15 is 0 Å². The average molecular weight is 224 g/mol. The predicted molar refractivity (Wildman–Crippen MR) is 69.8 cm³/mol.